The number of hydrogen-bond donors (Lipinski definition) is 1. The number of anilines is 2. The van der Waals surface area contributed by atoms with Gasteiger partial charge in [-0.25, -0.2) is 0 Å². The zero-order valence-corrected chi connectivity index (χ0v) is 19.7. The van der Waals surface area contributed by atoms with Crippen molar-refractivity contribution in [1.82, 2.24) is 9.97 Å². The molecule has 1 aliphatic carbocycles. The number of allylic oxidation sites excluding steroid dienone is 2. The Kier molecular flexibility index (Phi) is 6.61. The van der Waals surface area contributed by atoms with Gasteiger partial charge in [0.25, 0.3) is 0 Å². The van der Waals surface area contributed by atoms with Crippen LogP contribution in [-0.2, 0) is 6.42 Å². The first-order chi connectivity index (χ1) is 15.5. The number of nitrogens with one attached hydrogen (secondary N) is 1. The summed E-state index contributed by atoms with van der Waals surface area (Å²) in [5.41, 5.74) is 4.66. The zero-order chi connectivity index (χ0) is 22.7. The lowest BCUT2D eigenvalue weighted by Crippen LogP contribution is -2.23. The summed E-state index contributed by atoms with van der Waals surface area (Å²) in [5.74, 6) is 2.73. The summed E-state index contributed by atoms with van der Waals surface area (Å²) >= 11 is 6.66. The van der Waals surface area contributed by atoms with Crippen LogP contribution in [0.4, 0.5) is 11.6 Å². The average Bonchev–Trinajstić information content (AvgIpc) is 3.37. The van der Waals surface area contributed by atoms with Crippen LogP contribution in [0.15, 0.2) is 52.6 Å². The van der Waals surface area contributed by atoms with Crippen molar-refractivity contribution in [2.45, 2.75) is 34.1 Å². The van der Waals surface area contributed by atoms with Crippen molar-refractivity contribution in [3.8, 4) is 11.8 Å². The van der Waals surface area contributed by atoms with Crippen LogP contribution in [0.2, 0.25) is 5.02 Å². The third kappa shape index (κ3) is 4.70. The summed E-state index contributed by atoms with van der Waals surface area (Å²) in [7, 11) is 0. The number of rotatable bonds is 7. The minimum Gasteiger partial charge on any atom is -0.423 e. The molecule has 1 aromatic heterocycles. The fourth-order valence-electron chi connectivity index (χ4n) is 3.90. The van der Waals surface area contributed by atoms with Gasteiger partial charge in [0.15, 0.2) is 0 Å². The molecule has 4 rings (SSSR count). The van der Waals surface area contributed by atoms with Crippen molar-refractivity contribution in [2.24, 2.45) is 4.99 Å². The van der Waals surface area contributed by atoms with E-state index in [4.69, 9.17) is 16.3 Å². The third-order valence-electron chi connectivity index (χ3n) is 5.47. The van der Waals surface area contributed by atoms with Gasteiger partial charge in [-0.15, -0.1) is 0 Å². The van der Waals surface area contributed by atoms with E-state index in [9.17, 15) is 0 Å². The Balaban J connectivity index is 1.65. The van der Waals surface area contributed by atoms with Crippen molar-refractivity contribution >= 4 is 35.1 Å². The molecule has 7 heteroatoms. The topological polar surface area (TPSA) is 62.6 Å². The molecular weight excluding hydrogens is 422 g/mol. The van der Waals surface area contributed by atoms with Gasteiger partial charge in [0.1, 0.15) is 23.2 Å². The molecule has 32 heavy (non-hydrogen) atoms. The highest BCUT2D eigenvalue weighted by Gasteiger charge is 2.19. The van der Waals surface area contributed by atoms with Gasteiger partial charge in [-0.1, -0.05) is 41.5 Å². The van der Waals surface area contributed by atoms with Gasteiger partial charge in [-0.3, -0.25) is 4.99 Å². The number of nitrogens with zero attached hydrogens (tertiary/aromatic N) is 4. The van der Waals surface area contributed by atoms with E-state index in [0.29, 0.717) is 23.1 Å². The van der Waals surface area contributed by atoms with Gasteiger partial charge < -0.3 is 15.0 Å². The van der Waals surface area contributed by atoms with Gasteiger partial charge in [0.05, 0.1) is 11.6 Å². The maximum absolute atomic E-state index is 6.66. The summed E-state index contributed by atoms with van der Waals surface area (Å²) in [4.78, 5) is 15.9. The Morgan fingerprint density at radius 3 is 2.75 bits per heavy atom. The van der Waals surface area contributed by atoms with E-state index in [2.05, 4.69) is 64.2 Å². The van der Waals surface area contributed by atoms with Crippen LogP contribution in [0, 0.1) is 0 Å². The second kappa shape index (κ2) is 9.57. The van der Waals surface area contributed by atoms with Crippen molar-refractivity contribution in [1.29, 1.82) is 0 Å². The molecule has 0 fully saturated rings. The number of benzene rings is 1. The fraction of sp³-hybridized carbons (Fsp3) is 0.320. The Labute approximate surface area is 194 Å². The van der Waals surface area contributed by atoms with Gasteiger partial charge in [-0.2, -0.15) is 9.97 Å². The van der Waals surface area contributed by atoms with Crippen LogP contribution in [0.1, 0.15) is 38.8 Å². The molecule has 0 unspecified atom stereocenters. The number of ether oxygens (including phenoxy) is 1. The molecule has 1 N–H and O–H groups in total. The zero-order valence-electron chi connectivity index (χ0n) is 18.9. The molecule has 166 valence electrons. The van der Waals surface area contributed by atoms with Crippen LogP contribution in [0.3, 0.4) is 0 Å². The molecule has 0 amide bonds. The quantitative estimate of drug-likeness (QED) is 0.557. The smallest absolute Gasteiger partial charge is 0.325 e. The Morgan fingerprint density at radius 1 is 1.19 bits per heavy atom. The van der Waals surface area contributed by atoms with E-state index in [1.807, 2.05) is 31.2 Å². The summed E-state index contributed by atoms with van der Waals surface area (Å²) < 4.78 is 6.10. The lowest BCUT2D eigenvalue weighted by atomic mass is 10.1. The molecule has 0 radical (unpaired) electrons. The summed E-state index contributed by atoms with van der Waals surface area (Å²) in [6.07, 6.45) is 9.11. The van der Waals surface area contributed by atoms with E-state index in [-0.39, 0.29) is 6.01 Å². The predicted octanol–water partition coefficient (Wildman–Crippen LogP) is 6.05. The lowest BCUT2D eigenvalue weighted by Gasteiger charge is -2.21. The molecule has 0 saturated carbocycles. The standard InChI is InChI=1S/C25H28ClN5O/c1-5-8-17-13-21(27-15-17)28-22-14-23(31(6-2)7-3)30-25(29-22)32-20-10-9-18-11-16(4)12-19(18)24(20)26/h5,8-10,12-14H,6-7,11,15H2,1-4H3,(H,27,28,29,30)/b8-5+. The molecule has 2 heterocycles. The SMILES string of the molecule is C/C=C/C1=CC(Nc2cc(N(CC)CC)nc(Oc3ccc4c(c3Cl)C=C(C)C4)n2)=NC1. The molecule has 0 bridgehead atoms. The molecular formula is C25H28ClN5O. The number of hydrogen-bond acceptors (Lipinski definition) is 6. The lowest BCUT2D eigenvalue weighted by molar-refractivity contribution is 0.442. The highest BCUT2D eigenvalue weighted by molar-refractivity contribution is 6.33. The van der Waals surface area contributed by atoms with Crippen LogP contribution >= 0.6 is 11.6 Å². The molecule has 0 spiro atoms. The number of halogens is 1. The second-order valence-corrected chi connectivity index (χ2v) is 8.21. The van der Waals surface area contributed by atoms with Crippen LogP contribution in [-0.4, -0.2) is 35.4 Å². The molecule has 0 atom stereocenters. The van der Waals surface area contributed by atoms with Gasteiger partial charge in [0, 0.05) is 24.7 Å². The third-order valence-corrected chi connectivity index (χ3v) is 5.86. The number of aromatic nitrogens is 2. The largest absolute Gasteiger partial charge is 0.423 e. The molecule has 2 aromatic rings. The maximum Gasteiger partial charge on any atom is 0.325 e. The average molecular weight is 450 g/mol. The van der Waals surface area contributed by atoms with Crippen molar-refractivity contribution in [2.75, 3.05) is 29.9 Å². The van der Waals surface area contributed by atoms with Crippen LogP contribution < -0.4 is 15.0 Å². The Bertz CT molecular complexity index is 1150. The van der Waals surface area contributed by atoms with Crippen LogP contribution in [0.25, 0.3) is 6.08 Å². The normalized spacial score (nSPS) is 14.8. The first-order valence-electron chi connectivity index (χ1n) is 11.0. The Hall–Kier alpha value is -3.12. The van der Waals surface area contributed by atoms with E-state index in [1.54, 1.807) is 0 Å². The number of amidine groups is 1. The molecule has 2 aliphatic rings. The van der Waals surface area contributed by atoms with Crippen LogP contribution in [0.5, 0.6) is 11.8 Å². The number of aliphatic imine (C=N–C) groups is 1. The summed E-state index contributed by atoms with van der Waals surface area (Å²) in [5, 5.41) is 3.89. The minimum atomic E-state index is 0.244. The highest BCUT2D eigenvalue weighted by atomic mass is 35.5. The second-order valence-electron chi connectivity index (χ2n) is 7.83. The first kappa shape index (κ1) is 22.1. The molecule has 1 aliphatic heterocycles. The summed E-state index contributed by atoms with van der Waals surface area (Å²) in [6.45, 7) is 10.6. The van der Waals surface area contributed by atoms with E-state index < -0.39 is 0 Å². The fourth-order valence-corrected chi connectivity index (χ4v) is 4.17. The summed E-state index contributed by atoms with van der Waals surface area (Å²) in [6, 6.07) is 6.10. The molecule has 6 nitrogen and oxygen atoms in total. The van der Waals surface area contributed by atoms with E-state index in [0.717, 1.165) is 42.3 Å². The van der Waals surface area contributed by atoms with Gasteiger partial charge in [0.2, 0.25) is 0 Å². The van der Waals surface area contributed by atoms with Gasteiger partial charge >= 0.3 is 6.01 Å². The first-order valence-corrected chi connectivity index (χ1v) is 11.3. The van der Waals surface area contributed by atoms with E-state index >= 15 is 0 Å². The van der Waals surface area contributed by atoms with Crippen molar-refractivity contribution in [3.63, 3.8) is 0 Å². The van der Waals surface area contributed by atoms with Gasteiger partial charge in [-0.05, 0) is 57.4 Å². The van der Waals surface area contributed by atoms with E-state index in [1.165, 1.54) is 11.1 Å². The van der Waals surface area contributed by atoms with Crippen molar-refractivity contribution < 1.29 is 4.74 Å². The molecule has 1 aromatic carbocycles. The minimum absolute atomic E-state index is 0.244. The maximum atomic E-state index is 6.66. The Morgan fingerprint density at radius 2 is 2.00 bits per heavy atom. The van der Waals surface area contributed by atoms with Crippen molar-refractivity contribution in [3.05, 3.63) is 63.7 Å². The highest BCUT2D eigenvalue weighted by Crippen LogP contribution is 2.38. The number of fused-ring (bicyclic) bond motifs is 1. The predicted molar refractivity (Wildman–Crippen MR) is 133 cm³/mol. The molecule has 0 saturated heterocycles. The monoisotopic (exact) mass is 449 g/mol.